The van der Waals surface area contributed by atoms with Gasteiger partial charge in [-0.3, -0.25) is 0 Å². The van der Waals surface area contributed by atoms with Crippen molar-refractivity contribution < 1.29 is 9.53 Å². The van der Waals surface area contributed by atoms with Gasteiger partial charge < -0.3 is 15.4 Å². The zero-order valence-electron chi connectivity index (χ0n) is 14.0. The molecule has 1 atom stereocenters. The van der Waals surface area contributed by atoms with Crippen LogP contribution >= 0.6 is 11.6 Å². The normalized spacial score (nSPS) is 18.2. The van der Waals surface area contributed by atoms with E-state index in [1.165, 1.54) is 0 Å². The number of rotatable bonds is 2. The van der Waals surface area contributed by atoms with Gasteiger partial charge in [0.1, 0.15) is 11.4 Å². The lowest BCUT2D eigenvalue weighted by atomic mass is 9.89. The van der Waals surface area contributed by atoms with E-state index in [1.54, 1.807) is 24.3 Å². The molecular weight excluding hydrogens is 324 g/mol. The van der Waals surface area contributed by atoms with Crippen LogP contribution < -0.4 is 15.4 Å². The van der Waals surface area contributed by atoms with Gasteiger partial charge in [0.25, 0.3) is 0 Å². The second-order valence-electron chi connectivity index (χ2n) is 6.77. The lowest BCUT2D eigenvalue weighted by Gasteiger charge is -2.38. The Morgan fingerprint density at radius 1 is 1.21 bits per heavy atom. The second-order valence-corrected chi connectivity index (χ2v) is 7.20. The molecule has 2 aromatic carbocycles. The van der Waals surface area contributed by atoms with Crippen LogP contribution in [-0.2, 0) is 0 Å². The molecule has 0 radical (unpaired) electrons. The van der Waals surface area contributed by atoms with Crippen LogP contribution in [0.1, 0.15) is 37.4 Å². The maximum Gasteiger partial charge on any atom is 0.319 e. The molecule has 3 rings (SSSR count). The van der Waals surface area contributed by atoms with Crippen molar-refractivity contribution in [3.63, 3.8) is 0 Å². The topological polar surface area (TPSA) is 50.4 Å². The number of hydrogen-bond acceptors (Lipinski definition) is 2. The van der Waals surface area contributed by atoms with Crippen LogP contribution in [-0.4, -0.2) is 11.6 Å². The summed E-state index contributed by atoms with van der Waals surface area (Å²) in [5.41, 5.74) is 2.51. The lowest BCUT2D eigenvalue weighted by Crippen LogP contribution is -2.42. The second kappa shape index (κ2) is 6.36. The number of urea groups is 1. The molecule has 0 fully saturated rings. The average molecular weight is 345 g/mol. The molecule has 1 heterocycles. The summed E-state index contributed by atoms with van der Waals surface area (Å²) in [5, 5.41) is 6.52. The Labute approximate surface area is 147 Å². The Hall–Kier alpha value is -2.20. The molecule has 0 saturated heterocycles. The summed E-state index contributed by atoms with van der Waals surface area (Å²) in [4.78, 5) is 12.4. The van der Waals surface area contributed by atoms with Gasteiger partial charge in [0, 0.05) is 22.7 Å². The van der Waals surface area contributed by atoms with Crippen molar-refractivity contribution in [1.29, 1.82) is 0 Å². The number of carbonyl (C=O) groups excluding carboxylic acids is 1. The van der Waals surface area contributed by atoms with Crippen LogP contribution in [0.5, 0.6) is 5.75 Å². The molecule has 1 aliphatic rings. The number of anilines is 1. The van der Waals surface area contributed by atoms with Crippen LogP contribution in [0.25, 0.3) is 0 Å². The Morgan fingerprint density at radius 2 is 1.92 bits per heavy atom. The molecule has 0 aromatic heterocycles. The fourth-order valence-corrected chi connectivity index (χ4v) is 3.07. The SMILES string of the molecule is Cc1ccc2c(c1)OC(C)(C)C[C@H]2NC(=O)Nc1ccc(Cl)cc1. The van der Waals surface area contributed by atoms with Crippen molar-refractivity contribution in [2.24, 2.45) is 0 Å². The summed E-state index contributed by atoms with van der Waals surface area (Å²) in [5.74, 6) is 0.836. The molecule has 5 heteroatoms. The van der Waals surface area contributed by atoms with Crippen LogP contribution in [0.4, 0.5) is 10.5 Å². The summed E-state index contributed by atoms with van der Waals surface area (Å²) in [7, 11) is 0. The molecule has 0 spiro atoms. The number of amides is 2. The molecular formula is C19H21ClN2O2. The molecule has 0 unspecified atom stereocenters. The molecule has 0 bridgehead atoms. The van der Waals surface area contributed by atoms with Gasteiger partial charge in [-0.2, -0.15) is 0 Å². The van der Waals surface area contributed by atoms with E-state index >= 15 is 0 Å². The van der Waals surface area contributed by atoms with E-state index in [2.05, 4.69) is 10.6 Å². The van der Waals surface area contributed by atoms with Gasteiger partial charge in [0.2, 0.25) is 0 Å². The van der Waals surface area contributed by atoms with E-state index < -0.39 is 0 Å². The standard InChI is InChI=1S/C19H21ClN2O2/c1-12-4-9-15-16(11-19(2,3)24-17(15)10-12)22-18(23)21-14-7-5-13(20)6-8-14/h4-10,16H,11H2,1-3H3,(H2,21,22,23)/t16-/m1/s1. The fourth-order valence-electron chi connectivity index (χ4n) is 2.95. The van der Waals surface area contributed by atoms with Gasteiger partial charge in [-0.25, -0.2) is 4.79 Å². The maximum atomic E-state index is 12.4. The maximum absolute atomic E-state index is 12.4. The highest BCUT2D eigenvalue weighted by molar-refractivity contribution is 6.30. The van der Waals surface area contributed by atoms with E-state index in [-0.39, 0.29) is 17.7 Å². The van der Waals surface area contributed by atoms with E-state index in [0.29, 0.717) is 17.1 Å². The molecule has 2 amide bonds. The van der Waals surface area contributed by atoms with Crippen molar-refractivity contribution in [3.05, 3.63) is 58.6 Å². The number of halogens is 1. The van der Waals surface area contributed by atoms with Gasteiger partial charge in [0.15, 0.2) is 0 Å². The van der Waals surface area contributed by atoms with Crippen molar-refractivity contribution in [3.8, 4) is 5.75 Å². The average Bonchev–Trinajstić information content (AvgIpc) is 2.48. The molecule has 2 aromatic rings. The lowest BCUT2D eigenvalue weighted by molar-refractivity contribution is 0.0682. The summed E-state index contributed by atoms with van der Waals surface area (Å²) >= 11 is 5.86. The zero-order valence-corrected chi connectivity index (χ0v) is 14.8. The molecule has 4 nitrogen and oxygen atoms in total. The Bertz CT molecular complexity index is 756. The first-order valence-electron chi connectivity index (χ1n) is 7.95. The van der Waals surface area contributed by atoms with E-state index in [4.69, 9.17) is 16.3 Å². The predicted molar refractivity (Wildman–Crippen MR) is 96.9 cm³/mol. The number of carbonyl (C=O) groups is 1. The molecule has 0 saturated carbocycles. The molecule has 1 aliphatic heterocycles. The third-order valence-corrected chi connectivity index (χ3v) is 4.29. The Kier molecular flexibility index (Phi) is 4.41. The highest BCUT2D eigenvalue weighted by atomic mass is 35.5. The summed E-state index contributed by atoms with van der Waals surface area (Å²) < 4.78 is 6.06. The first kappa shape index (κ1) is 16.7. The highest BCUT2D eigenvalue weighted by Gasteiger charge is 2.34. The smallest absolute Gasteiger partial charge is 0.319 e. The number of ether oxygens (including phenoxy) is 1. The number of fused-ring (bicyclic) bond motifs is 1. The molecule has 2 N–H and O–H groups in total. The van der Waals surface area contributed by atoms with Crippen LogP contribution in [0, 0.1) is 6.92 Å². The number of benzene rings is 2. The zero-order chi connectivity index (χ0) is 17.3. The van der Waals surface area contributed by atoms with Crippen LogP contribution in [0.15, 0.2) is 42.5 Å². The fraction of sp³-hybridized carbons (Fsp3) is 0.316. The number of nitrogens with one attached hydrogen (secondary N) is 2. The summed E-state index contributed by atoms with van der Waals surface area (Å²) in [6, 6.07) is 12.8. The third-order valence-electron chi connectivity index (χ3n) is 4.03. The Balaban J connectivity index is 1.76. The van der Waals surface area contributed by atoms with Gasteiger partial charge >= 0.3 is 6.03 Å². The van der Waals surface area contributed by atoms with Crippen molar-refractivity contribution in [1.82, 2.24) is 5.32 Å². The summed E-state index contributed by atoms with van der Waals surface area (Å²) in [6.45, 7) is 6.09. The van der Waals surface area contributed by atoms with Gasteiger partial charge in [0.05, 0.1) is 6.04 Å². The van der Waals surface area contributed by atoms with E-state index in [0.717, 1.165) is 16.9 Å². The first-order valence-corrected chi connectivity index (χ1v) is 8.33. The van der Waals surface area contributed by atoms with Crippen LogP contribution in [0.2, 0.25) is 5.02 Å². The summed E-state index contributed by atoms with van der Waals surface area (Å²) in [6.07, 6.45) is 0.705. The van der Waals surface area contributed by atoms with E-state index in [9.17, 15) is 4.79 Å². The van der Waals surface area contributed by atoms with Crippen LogP contribution in [0.3, 0.4) is 0 Å². The highest BCUT2D eigenvalue weighted by Crippen LogP contribution is 2.39. The molecule has 126 valence electrons. The van der Waals surface area contributed by atoms with Crippen molar-refractivity contribution in [2.45, 2.75) is 38.8 Å². The molecule has 0 aliphatic carbocycles. The number of aryl methyl sites for hydroxylation is 1. The number of hydrogen-bond donors (Lipinski definition) is 2. The minimum absolute atomic E-state index is 0.100. The van der Waals surface area contributed by atoms with Gasteiger partial charge in [-0.05, 0) is 56.7 Å². The molecule has 24 heavy (non-hydrogen) atoms. The largest absolute Gasteiger partial charge is 0.487 e. The monoisotopic (exact) mass is 344 g/mol. The quantitative estimate of drug-likeness (QED) is 0.798. The third kappa shape index (κ3) is 3.82. The Morgan fingerprint density at radius 3 is 2.62 bits per heavy atom. The predicted octanol–water partition coefficient (Wildman–Crippen LogP) is 5.07. The van der Waals surface area contributed by atoms with E-state index in [1.807, 2.05) is 39.0 Å². The van der Waals surface area contributed by atoms with Crippen molar-refractivity contribution in [2.75, 3.05) is 5.32 Å². The van der Waals surface area contributed by atoms with Crippen molar-refractivity contribution >= 4 is 23.3 Å². The first-order chi connectivity index (χ1) is 11.3. The minimum atomic E-state index is -0.334. The van der Waals surface area contributed by atoms with Gasteiger partial charge in [-0.15, -0.1) is 0 Å². The minimum Gasteiger partial charge on any atom is -0.487 e. The van der Waals surface area contributed by atoms with Gasteiger partial charge in [-0.1, -0.05) is 23.7 Å².